The summed E-state index contributed by atoms with van der Waals surface area (Å²) < 4.78 is 1.67. The summed E-state index contributed by atoms with van der Waals surface area (Å²) >= 11 is 1.74. The fraction of sp³-hybridized carbons (Fsp3) is 0.111. The second kappa shape index (κ2) is 6.08. The summed E-state index contributed by atoms with van der Waals surface area (Å²) in [4.78, 5) is 1.26. The van der Waals surface area contributed by atoms with E-state index in [1.807, 2.05) is 25.4 Å². The fourth-order valence-electron chi connectivity index (χ4n) is 2.49. The molecule has 4 heteroatoms. The van der Waals surface area contributed by atoms with Crippen LogP contribution < -0.4 is 0 Å². The summed E-state index contributed by atoms with van der Waals surface area (Å²) in [6.07, 6.45) is 3.96. The number of aryl methyl sites for hydroxylation is 1. The van der Waals surface area contributed by atoms with E-state index in [1.165, 1.54) is 16.0 Å². The molecular weight excluding hydrogens is 290 g/mol. The van der Waals surface area contributed by atoms with Crippen molar-refractivity contribution in [2.45, 2.75) is 4.90 Å². The van der Waals surface area contributed by atoms with Gasteiger partial charge in [0.05, 0.1) is 0 Å². The van der Waals surface area contributed by atoms with E-state index in [0.717, 1.165) is 11.1 Å². The third kappa shape index (κ3) is 2.63. The van der Waals surface area contributed by atoms with Gasteiger partial charge in [-0.1, -0.05) is 42.5 Å². The maximum atomic E-state index is 9.17. The highest BCUT2D eigenvalue weighted by atomic mass is 32.2. The van der Waals surface area contributed by atoms with Crippen molar-refractivity contribution >= 4 is 11.8 Å². The largest absolute Gasteiger partial charge is 0.274 e. The van der Waals surface area contributed by atoms with E-state index >= 15 is 0 Å². The quantitative estimate of drug-likeness (QED) is 0.676. The van der Waals surface area contributed by atoms with Gasteiger partial charge in [0.1, 0.15) is 6.07 Å². The summed E-state index contributed by atoms with van der Waals surface area (Å²) in [6, 6.07) is 18.8. The zero-order chi connectivity index (χ0) is 15.5. The topological polar surface area (TPSA) is 41.6 Å². The molecule has 22 heavy (non-hydrogen) atoms. The number of nitriles is 1. The molecule has 108 valence electrons. The molecule has 0 aliphatic rings. The number of thioether (sulfide) groups is 1. The molecule has 2 aromatic carbocycles. The normalized spacial score (nSPS) is 10.4. The van der Waals surface area contributed by atoms with Crippen LogP contribution in [0.1, 0.15) is 5.69 Å². The molecule has 3 rings (SSSR count). The second-order valence-electron chi connectivity index (χ2n) is 4.95. The number of hydrogen-bond acceptors (Lipinski definition) is 3. The zero-order valence-corrected chi connectivity index (χ0v) is 13.3. The first-order valence-corrected chi connectivity index (χ1v) is 8.13. The Balaban J connectivity index is 2.01. The van der Waals surface area contributed by atoms with Crippen LogP contribution in [0.5, 0.6) is 0 Å². The van der Waals surface area contributed by atoms with E-state index in [4.69, 9.17) is 5.26 Å². The minimum Gasteiger partial charge on any atom is -0.274 e. The van der Waals surface area contributed by atoms with Crippen LogP contribution >= 0.6 is 11.8 Å². The van der Waals surface area contributed by atoms with E-state index in [0.29, 0.717) is 5.69 Å². The van der Waals surface area contributed by atoms with Gasteiger partial charge in [0.2, 0.25) is 0 Å². The SMILES string of the molecule is CSc1ccccc1-c1ccc(-c2cn(C)nc2C#N)cc1. The van der Waals surface area contributed by atoms with E-state index in [-0.39, 0.29) is 0 Å². The summed E-state index contributed by atoms with van der Waals surface area (Å²) in [5.41, 5.74) is 4.74. The molecule has 0 amide bonds. The molecule has 0 unspecified atom stereocenters. The van der Waals surface area contributed by atoms with Crippen molar-refractivity contribution in [1.82, 2.24) is 9.78 Å². The summed E-state index contributed by atoms with van der Waals surface area (Å²) in [5.74, 6) is 0. The lowest BCUT2D eigenvalue weighted by Crippen LogP contribution is -1.86. The van der Waals surface area contributed by atoms with Gasteiger partial charge in [-0.15, -0.1) is 11.8 Å². The molecular formula is C18H15N3S. The summed E-state index contributed by atoms with van der Waals surface area (Å²) in [7, 11) is 1.83. The Morgan fingerprint density at radius 2 is 1.64 bits per heavy atom. The molecule has 0 radical (unpaired) electrons. The second-order valence-corrected chi connectivity index (χ2v) is 5.80. The van der Waals surface area contributed by atoms with Crippen molar-refractivity contribution in [2.24, 2.45) is 7.05 Å². The van der Waals surface area contributed by atoms with Gasteiger partial charge in [-0.05, 0) is 29.0 Å². The van der Waals surface area contributed by atoms with Crippen LogP contribution in [0.15, 0.2) is 59.6 Å². The van der Waals surface area contributed by atoms with Crippen LogP contribution in [0.25, 0.3) is 22.3 Å². The van der Waals surface area contributed by atoms with E-state index in [2.05, 4.69) is 53.8 Å². The van der Waals surface area contributed by atoms with Gasteiger partial charge in [0.15, 0.2) is 5.69 Å². The molecule has 0 fully saturated rings. The predicted molar refractivity (Wildman–Crippen MR) is 90.6 cm³/mol. The zero-order valence-electron chi connectivity index (χ0n) is 12.4. The summed E-state index contributed by atoms with van der Waals surface area (Å²) in [5, 5.41) is 13.3. The van der Waals surface area contributed by atoms with Crippen molar-refractivity contribution in [1.29, 1.82) is 5.26 Å². The van der Waals surface area contributed by atoms with Crippen LogP contribution in [0.3, 0.4) is 0 Å². The van der Waals surface area contributed by atoms with Crippen molar-refractivity contribution in [3.8, 4) is 28.3 Å². The van der Waals surface area contributed by atoms with Gasteiger partial charge < -0.3 is 0 Å². The highest BCUT2D eigenvalue weighted by Gasteiger charge is 2.10. The van der Waals surface area contributed by atoms with Gasteiger partial charge in [-0.3, -0.25) is 4.68 Å². The highest BCUT2D eigenvalue weighted by Crippen LogP contribution is 2.31. The van der Waals surface area contributed by atoms with Gasteiger partial charge in [-0.2, -0.15) is 10.4 Å². The molecule has 3 aromatic rings. The smallest absolute Gasteiger partial charge is 0.170 e. The lowest BCUT2D eigenvalue weighted by Gasteiger charge is -2.08. The van der Waals surface area contributed by atoms with Crippen molar-refractivity contribution in [3.05, 3.63) is 60.4 Å². The molecule has 3 nitrogen and oxygen atoms in total. The number of nitrogens with zero attached hydrogens (tertiary/aromatic N) is 3. The Morgan fingerprint density at radius 3 is 2.27 bits per heavy atom. The molecule has 0 spiro atoms. The van der Waals surface area contributed by atoms with Crippen molar-refractivity contribution < 1.29 is 0 Å². The Morgan fingerprint density at radius 1 is 1.00 bits per heavy atom. The Hall–Kier alpha value is -2.51. The Bertz CT molecular complexity index is 842. The third-order valence-electron chi connectivity index (χ3n) is 3.55. The predicted octanol–water partition coefficient (Wildman–Crippen LogP) is 4.35. The van der Waals surface area contributed by atoms with Crippen LogP contribution in [-0.4, -0.2) is 16.0 Å². The molecule has 0 aliphatic heterocycles. The monoisotopic (exact) mass is 305 g/mol. The molecule has 1 aromatic heterocycles. The lowest BCUT2D eigenvalue weighted by molar-refractivity contribution is 0.763. The van der Waals surface area contributed by atoms with Crippen LogP contribution in [0.2, 0.25) is 0 Å². The van der Waals surface area contributed by atoms with Gasteiger partial charge in [0, 0.05) is 23.7 Å². The van der Waals surface area contributed by atoms with Crippen LogP contribution in [0.4, 0.5) is 0 Å². The highest BCUT2D eigenvalue weighted by molar-refractivity contribution is 7.98. The van der Waals surface area contributed by atoms with Crippen molar-refractivity contribution in [3.63, 3.8) is 0 Å². The van der Waals surface area contributed by atoms with Crippen LogP contribution in [0, 0.1) is 11.3 Å². The Labute approximate surface area is 134 Å². The van der Waals surface area contributed by atoms with E-state index in [1.54, 1.807) is 16.4 Å². The minimum absolute atomic E-state index is 0.458. The van der Waals surface area contributed by atoms with E-state index in [9.17, 15) is 0 Å². The third-order valence-corrected chi connectivity index (χ3v) is 4.34. The molecule has 0 aliphatic carbocycles. The standard InChI is InChI=1S/C18H15N3S/c1-21-12-16(17(11-19)20-21)14-9-7-13(8-10-14)15-5-3-4-6-18(15)22-2/h3-10,12H,1-2H3. The van der Waals surface area contributed by atoms with Gasteiger partial charge in [-0.25, -0.2) is 0 Å². The van der Waals surface area contributed by atoms with Crippen molar-refractivity contribution in [2.75, 3.05) is 6.26 Å². The average molecular weight is 305 g/mol. The molecule has 0 saturated heterocycles. The van der Waals surface area contributed by atoms with Gasteiger partial charge >= 0.3 is 0 Å². The Kier molecular flexibility index (Phi) is 3.99. The molecule has 0 bridgehead atoms. The number of rotatable bonds is 3. The fourth-order valence-corrected chi connectivity index (χ4v) is 3.12. The summed E-state index contributed by atoms with van der Waals surface area (Å²) in [6.45, 7) is 0. The minimum atomic E-state index is 0.458. The average Bonchev–Trinajstić information content (AvgIpc) is 2.96. The number of benzene rings is 2. The first kappa shape index (κ1) is 14.4. The first-order chi connectivity index (χ1) is 10.7. The molecule has 0 saturated carbocycles. The molecule has 0 atom stereocenters. The number of hydrogen-bond donors (Lipinski definition) is 0. The lowest BCUT2D eigenvalue weighted by atomic mass is 10.0. The van der Waals surface area contributed by atoms with Crippen LogP contribution in [-0.2, 0) is 7.05 Å². The van der Waals surface area contributed by atoms with Gasteiger partial charge in [0.25, 0.3) is 0 Å². The maximum Gasteiger partial charge on any atom is 0.170 e. The molecule has 0 N–H and O–H groups in total. The first-order valence-electron chi connectivity index (χ1n) is 6.90. The maximum absolute atomic E-state index is 9.17. The molecule has 1 heterocycles. The van der Waals surface area contributed by atoms with E-state index < -0.39 is 0 Å². The number of aromatic nitrogens is 2.